The number of nitrogens with two attached hydrogens (primary N) is 1. The highest BCUT2D eigenvalue weighted by molar-refractivity contribution is 7.07. The summed E-state index contributed by atoms with van der Waals surface area (Å²) in [5.41, 5.74) is 7.42. The Morgan fingerprint density at radius 1 is 1.03 bits per heavy atom. The number of fused-ring (bicyclic) bond motifs is 1. The molecule has 0 fully saturated rings. The first-order chi connectivity index (χ1) is 18.8. The number of esters is 1. The topological polar surface area (TPSA) is 135 Å². The molecular weight excluding hydrogens is 522 g/mol. The fraction of sp³-hybridized carbons (Fsp3) is 0.250. The van der Waals surface area contributed by atoms with Crippen LogP contribution in [0.2, 0.25) is 0 Å². The van der Waals surface area contributed by atoms with Gasteiger partial charge in [-0.15, -0.1) is 11.3 Å². The lowest BCUT2D eigenvalue weighted by atomic mass is 9.83. The highest BCUT2D eigenvalue weighted by Crippen LogP contribution is 2.40. The van der Waals surface area contributed by atoms with Crippen LogP contribution in [0.3, 0.4) is 0 Å². The van der Waals surface area contributed by atoms with Gasteiger partial charge < -0.3 is 29.4 Å². The number of methoxy groups -OCH3 is 4. The molecule has 3 aromatic rings. The Labute approximate surface area is 228 Å². The van der Waals surface area contributed by atoms with Gasteiger partial charge in [0, 0.05) is 0 Å². The minimum absolute atomic E-state index is 0.00862. The Morgan fingerprint density at radius 3 is 2.23 bits per heavy atom. The normalized spacial score (nSPS) is 14.9. The Morgan fingerprint density at radius 2 is 1.64 bits per heavy atom. The summed E-state index contributed by atoms with van der Waals surface area (Å²) >= 11 is 1.10. The summed E-state index contributed by atoms with van der Waals surface area (Å²) in [6, 6.07) is 12.5. The highest BCUT2D eigenvalue weighted by atomic mass is 32.1. The van der Waals surface area contributed by atoms with Crippen LogP contribution in [0.15, 0.2) is 46.8 Å². The lowest BCUT2D eigenvalue weighted by Gasteiger charge is -2.25. The Bertz CT molecular complexity index is 1700. The summed E-state index contributed by atoms with van der Waals surface area (Å²) in [5, 5.41) is 10.3. The first-order valence-corrected chi connectivity index (χ1v) is 12.6. The molecule has 4 rings (SSSR count). The molecule has 0 aliphatic carbocycles. The van der Waals surface area contributed by atoms with E-state index in [1.807, 2.05) is 0 Å². The molecule has 2 N–H and O–H groups in total. The van der Waals surface area contributed by atoms with Gasteiger partial charge in [0.1, 0.15) is 10.5 Å². The van der Waals surface area contributed by atoms with Crippen molar-refractivity contribution in [3.63, 3.8) is 0 Å². The number of carbonyl (C=O) groups is 1. The van der Waals surface area contributed by atoms with Gasteiger partial charge in [0.2, 0.25) is 0 Å². The second kappa shape index (κ2) is 11.4. The molecule has 1 unspecified atom stereocenters. The quantitative estimate of drug-likeness (QED) is 0.418. The van der Waals surface area contributed by atoms with Crippen LogP contribution in [0.1, 0.15) is 24.0 Å². The lowest BCUT2D eigenvalue weighted by Crippen LogP contribution is -2.40. The highest BCUT2D eigenvalue weighted by Gasteiger charge is 2.37. The average molecular weight is 550 g/mol. The van der Waals surface area contributed by atoms with Crippen molar-refractivity contribution in [3.05, 3.63) is 72.6 Å². The zero-order valence-corrected chi connectivity index (χ0v) is 22.9. The van der Waals surface area contributed by atoms with Crippen LogP contribution in [-0.2, 0) is 9.53 Å². The van der Waals surface area contributed by atoms with E-state index >= 15 is 0 Å². The van der Waals surface area contributed by atoms with Crippen LogP contribution in [0, 0.1) is 11.3 Å². The molecule has 1 aliphatic heterocycles. The second-order valence-corrected chi connectivity index (χ2v) is 9.29. The Balaban J connectivity index is 2.03. The van der Waals surface area contributed by atoms with E-state index in [1.165, 1.54) is 33.0 Å². The third-order valence-electron chi connectivity index (χ3n) is 6.21. The fourth-order valence-electron chi connectivity index (χ4n) is 4.42. The minimum Gasteiger partial charge on any atom is -0.493 e. The molecular formula is C28H27N3O7S. The van der Waals surface area contributed by atoms with E-state index in [9.17, 15) is 14.9 Å². The molecule has 202 valence electrons. The zero-order valence-electron chi connectivity index (χ0n) is 22.1. The lowest BCUT2D eigenvalue weighted by molar-refractivity contribution is -0.138. The molecule has 0 amide bonds. The van der Waals surface area contributed by atoms with E-state index in [0.29, 0.717) is 43.3 Å². The fourth-order valence-corrected chi connectivity index (χ4v) is 5.55. The third kappa shape index (κ3) is 4.82. The van der Waals surface area contributed by atoms with Gasteiger partial charge in [-0.05, 0) is 48.4 Å². The van der Waals surface area contributed by atoms with Gasteiger partial charge >= 0.3 is 5.97 Å². The molecule has 0 radical (unpaired) electrons. The van der Waals surface area contributed by atoms with Crippen LogP contribution in [0.25, 0.3) is 17.5 Å². The minimum atomic E-state index is -0.902. The Kier molecular flexibility index (Phi) is 7.97. The van der Waals surface area contributed by atoms with E-state index in [0.717, 1.165) is 11.3 Å². The van der Waals surface area contributed by atoms with Crippen molar-refractivity contribution in [3.8, 4) is 29.1 Å². The maximum Gasteiger partial charge on any atom is 0.338 e. The van der Waals surface area contributed by atoms with Crippen LogP contribution in [-0.4, -0.2) is 45.6 Å². The Hall–Kier alpha value is -4.69. The number of hydrogen-bond acceptors (Lipinski definition) is 10. The summed E-state index contributed by atoms with van der Waals surface area (Å²) in [6.07, 6.45) is 1.66. The van der Waals surface area contributed by atoms with Crippen LogP contribution < -0.4 is 39.4 Å². The molecule has 11 heteroatoms. The molecule has 2 heterocycles. The van der Waals surface area contributed by atoms with E-state index in [-0.39, 0.29) is 23.6 Å². The van der Waals surface area contributed by atoms with Gasteiger partial charge in [-0.3, -0.25) is 9.36 Å². The summed E-state index contributed by atoms with van der Waals surface area (Å²) in [7, 11) is 6.05. The van der Waals surface area contributed by atoms with Gasteiger partial charge in [0.15, 0.2) is 23.0 Å². The molecule has 1 atom stereocenters. The van der Waals surface area contributed by atoms with Gasteiger partial charge in [-0.1, -0.05) is 12.1 Å². The predicted molar refractivity (Wildman–Crippen MR) is 146 cm³/mol. The predicted octanol–water partition coefficient (Wildman–Crippen LogP) is 1.94. The number of nitriles is 1. The average Bonchev–Trinajstić information content (AvgIpc) is 3.27. The maximum atomic E-state index is 13.6. The SMILES string of the molecule is CCOC(=O)C1=C(N)n2c(sc(=Cc3ccc(OC)c(OC)c3)c2=O)=C(C#N)C1c1ccc(OC)c(OC)c1. The van der Waals surface area contributed by atoms with E-state index < -0.39 is 17.4 Å². The molecule has 1 aliphatic rings. The number of rotatable bonds is 8. The van der Waals surface area contributed by atoms with E-state index in [2.05, 4.69) is 6.07 Å². The third-order valence-corrected chi connectivity index (χ3v) is 7.32. The largest absolute Gasteiger partial charge is 0.493 e. The van der Waals surface area contributed by atoms with Crippen LogP contribution >= 0.6 is 11.3 Å². The first-order valence-electron chi connectivity index (χ1n) is 11.8. The van der Waals surface area contributed by atoms with E-state index in [4.69, 9.17) is 29.4 Å². The number of benzene rings is 2. The smallest absolute Gasteiger partial charge is 0.338 e. The standard InChI is InChI=1S/C28H27N3O7S/c1-6-38-28(33)24-23(16-8-10-19(35-3)21(13-16)37-5)17(14-29)27-31(25(24)30)26(32)22(39-27)12-15-7-9-18(34-2)20(11-15)36-4/h7-13,23H,6,30H2,1-5H3. The van der Waals surface area contributed by atoms with Crippen LogP contribution in [0.4, 0.5) is 0 Å². The van der Waals surface area contributed by atoms with Gasteiger partial charge in [0.05, 0.1) is 62.7 Å². The second-order valence-electron chi connectivity index (χ2n) is 8.26. The van der Waals surface area contributed by atoms with Crippen molar-refractivity contribution < 1.29 is 28.5 Å². The summed E-state index contributed by atoms with van der Waals surface area (Å²) in [6.45, 7) is 1.75. The molecule has 1 aromatic heterocycles. The number of nitrogens with zero attached hydrogens (tertiary/aromatic N) is 2. The van der Waals surface area contributed by atoms with Crippen molar-refractivity contribution in [2.45, 2.75) is 12.8 Å². The van der Waals surface area contributed by atoms with E-state index in [1.54, 1.807) is 49.4 Å². The molecule has 10 nitrogen and oxygen atoms in total. The zero-order chi connectivity index (χ0) is 28.3. The molecule has 0 saturated carbocycles. The van der Waals surface area contributed by atoms with Gasteiger partial charge in [0.25, 0.3) is 5.56 Å². The number of ether oxygens (including phenoxy) is 5. The number of hydrogen-bond donors (Lipinski definition) is 1. The molecule has 0 spiro atoms. The maximum absolute atomic E-state index is 13.6. The van der Waals surface area contributed by atoms with Crippen molar-refractivity contribution in [1.82, 2.24) is 4.57 Å². The summed E-state index contributed by atoms with van der Waals surface area (Å²) in [4.78, 5) is 26.8. The summed E-state index contributed by atoms with van der Waals surface area (Å²) in [5.74, 6) is 0.194. The molecule has 2 aromatic carbocycles. The summed E-state index contributed by atoms with van der Waals surface area (Å²) < 4.78 is 28.6. The van der Waals surface area contributed by atoms with Crippen molar-refractivity contribution in [2.24, 2.45) is 5.73 Å². The van der Waals surface area contributed by atoms with Crippen LogP contribution in [0.5, 0.6) is 23.0 Å². The number of carbonyl (C=O) groups excluding carboxylic acids is 1. The van der Waals surface area contributed by atoms with Crippen molar-refractivity contribution in [1.29, 1.82) is 5.26 Å². The molecule has 0 bridgehead atoms. The monoisotopic (exact) mass is 549 g/mol. The molecule has 0 saturated heterocycles. The van der Waals surface area contributed by atoms with Crippen molar-refractivity contribution in [2.75, 3.05) is 35.0 Å². The number of thiazole rings is 1. The van der Waals surface area contributed by atoms with Gasteiger partial charge in [-0.2, -0.15) is 5.26 Å². The molecule has 39 heavy (non-hydrogen) atoms. The first kappa shape index (κ1) is 27.3. The van der Waals surface area contributed by atoms with Crippen molar-refractivity contribution >= 4 is 34.8 Å². The van der Waals surface area contributed by atoms with Gasteiger partial charge in [-0.25, -0.2) is 4.79 Å². The number of aromatic nitrogens is 1.